The van der Waals surface area contributed by atoms with Crippen molar-refractivity contribution in [1.29, 1.82) is 0 Å². The van der Waals surface area contributed by atoms with Crippen LogP contribution in [0.15, 0.2) is 11.6 Å². The van der Waals surface area contributed by atoms with E-state index in [0.29, 0.717) is 0 Å². The number of rotatable bonds is 5. The summed E-state index contributed by atoms with van der Waals surface area (Å²) in [5, 5.41) is 0. The Morgan fingerprint density at radius 2 is 1.88 bits per heavy atom. The van der Waals surface area contributed by atoms with Crippen molar-refractivity contribution >= 4 is 0 Å². The molecule has 0 aliphatic heterocycles. The van der Waals surface area contributed by atoms with E-state index in [1.54, 1.807) is 0 Å². The highest BCUT2D eigenvalue weighted by atomic mass is 14.8. The Balaban J connectivity index is 1.45. The van der Waals surface area contributed by atoms with E-state index in [1.165, 1.54) is 77.0 Å². The molecule has 26 heavy (non-hydrogen) atoms. The van der Waals surface area contributed by atoms with Crippen molar-refractivity contribution in [2.75, 3.05) is 0 Å². The van der Waals surface area contributed by atoms with Gasteiger partial charge < -0.3 is 5.73 Å². The van der Waals surface area contributed by atoms with Gasteiger partial charge in [0, 0.05) is 5.54 Å². The third-order valence-corrected chi connectivity index (χ3v) is 9.17. The molecule has 148 valence electrons. The molecule has 3 saturated carbocycles. The van der Waals surface area contributed by atoms with E-state index in [9.17, 15) is 0 Å². The first-order valence-electron chi connectivity index (χ1n) is 12.0. The Labute approximate surface area is 162 Å². The van der Waals surface area contributed by atoms with Gasteiger partial charge in [0.25, 0.3) is 0 Å². The predicted molar refractivity (Wildman–Crippen MR) is 112 cm³/mol. The Morgan fingerprint density at radius 3 is 2.69 bits per heavy atom. The Kier molecular flexibility index (Phi) is 5.57. The molecule has 4 aliphatic carbocycles. The van der Waals surface area contributed by atoms with Crippen LogP contribution >= 0.6 is 0 Å². The van der Waals surface area contributed by atoms with E-state index in [-0.39, 0.29) is 5.54 Å². The largest absolute Gasteiger partial charge is 0.325 e. The van der Waals surface area contributed by atoms with E-state index in [2.05, 4.69) is 26.8 Å². The topological polar surface area (TPSA) is 26.0 Å². The maximum Gasteiger partial charge on any atom is 0.0220 e. The van der Waals surface area contributed by atoms with Gasteiger partial charge >= 0.3 is 0 Å². The van der Waals surface area contributed by atoms with Gasteiger partial charge in [-0.2, -0.15) is 0 Å². The standard InChI is InChI=1S/C25H43N/c1-17(2)7-6-8-18(3)20-15-16-25(26)23(20)14-12-22-21-10-5-4-9-19(21)11-13-24(22)25/h11,17-18,20-24H,4-10,12-16,26H2,1-3H3/t18-,20-,21?,22-,23?,24?,25+/m1/s1. The van der Waals surface area contributed by atoms with Crippen molar-refractivity contribution in [2.45, 2.75) is 103 Å². The molecule has 0 aromatic heterocycles. The van der Waals surface area contributed by atoms with Crippen molar-refractivity contribution in [3.8, 4) is 0 Å². The monoisotopic (exact) mass is 357 g/mol. The summed E-state index contributed by atoms with van der Waals surface area (Å²) in [6.07, 6.45) is 19.6. The van der Waals surface area contributed by atoms with Crippen LogP contribution in [0.4, 0.5) is 0 Å². The van der Waals surface area contributed by atoms with E-state index in [4.69, 9.17) is 5.73 Å². The number of allylic oxidation sites excluding steroid dienone is 2. The van der Waals surface area contributed by atoms with Crippen LogP contribution in [0.5, 0.6) is 0 Å². The smallest absolute Gasteiger partial charge is 0.0220 e. The van der Waals surface area contributed by atoms with Gasteiger partial charge in [-0.15, -0.1) is 0 Å². The molecule has 4 aliphatic rings. The lowest BCUT2D eigenvalue weighted by Gasteiger charge is -2.54. The van der Waals surface area contributed by atoms with E-state index >= 15 is 0 Å². The molecule has 0 aromatic rings. The van der Waals surface area contributed by atoms with E-state index in [1.807, 2.05) is 5.57 Å². The molecule has 0 saturated heterocycles. The fourth-order valence-electron chi connectivity index (χ4n) is 7.82. The fourth-order valence-corrected chi connectivity index (χ4v) is 7.82. The lowest BCUT2D eigenvalue weighted by molar-refractivity contribution is 0.0192. The van der Waals surface area contributed by atoms with Crippen molar-refractivity contribution < 1.29 is 0 Å². The zero-order chi connectivity index (χ0) is 18.3. The molecule has 2 N–H and O–H groups in total. The Hall–Kier alpha value is -0.300. The fraction of sp³-hybridized carbons (Fsp3) is 0.920. The average molecular weight is 358 g/mol. The highest BCUT2D eigenvalue weighted by Gasteiger charge is 2.57. The van der Waals surface area contributed by atoms with Gasteiger partial charge in [0.05, 0.1) is 0 Å². The van der Waals surface area contributed by atoms with Crippen molar-refractivity contribution in [1.82, 2.24) is 0 Å². The van der Waals surface area contributed by atoms with Gasteiger partial charge in [-0.25, -0.2) is 0 Å². The summed E-state index contributed by atoms with van der Waals surface area (Å²) in [7, 11) is 0. The summed E-state index contributed by atoms with van der Waals surface area (Å²) < 4.78 is 0. The molecule has 3 unspecified atom stereocenters. The summed E-state index contributed by atoms with van der Waals surface area (Å²) in [5.74, 6) is 6.08. The van der Waals surface area contributed by atoms with Gasteiger partial charge in [0.2, 0.25) is 0 Å². The maximum atomic E-state index is 7.32. The van der Waals surface area contributed by atoms with Crippen LogP contribution in [0.2, 0.25) is 0 Å². The Bertz CT molecular complexity index is 520. The van der Waals surface area contributed by atoms with E-state index in [0.717, 1.165) is 41.4 Å². The van der Waals surface area contributed by atoms with Crippen LogP contribution in [0, 0.1) is 41.4 Å². The minimum absolute atomic E-state index is 0.166. The van der Waals surface area contributed by atoms with Gasteiger partial charge in [0.15, 0.2) is 0 Å². The zero-order valence-electron chi connectivity index (χ0n) is 17.7. The molecule has 0 bridgehead atoms. The SMILES string of the molecule is CC(C)CCC[C@@H](C)[C@H]1CC[C@@]2(N)C3CC=C4CCCCC4[C@H]3CCC12. The second kappa shape index (κ2) is 7.61. The lowest BCUT2D eigenvalue weighted by atomic mass is 9.53. The normalized spacial score (nSPS) is 43.4. The molecular formula is C25H43N. The molecule has 1 nitrogen and oxygen atoms in total. The van der Waals surface area contributed by atoms with Crippen LogP contribution in [0.3, 0.4) is 0 Å². The first-order chi connectivity index (χ1) is 12.5. The maximum absolute atomic E-state index is 7.32. The highest BCUT2D eigenvalue weighted by Crippen LogP contribution is 2.59. The molecule has 0 amide bonds. The Morgan fingerprint density at radius 1 is 1.04 bits per heavy atom. The molecule has 7 atom stereocenters. The van der Waals surface area contributed by atoms with Crippen LogP contribution in [-0.4, -0.2) is 5.54 Å². The minimum Gasteiger partial charge on any atom is -0.325 e. The molecule has 1 heteroatoms. The first-order valence-corrected chi connectivity index (χ1v) is 12.0. The summed E-state index contributed by atoms with van der Waals surface area (Å²) >= 11 is 0. The van der Waals surface area contributed by atoms with Gasteiger partial charge in [0.1, 0.15) is 0 Å². The third kappa shape index (κ3) is 3.31. The van der Waals surface area contributed by atoms with E-state index < -0.39 is 0 Å². The molecule has 0 heterocycles. The van der Waals surface area contributed by atoms with Gasteiger partial charge in [-0.05, 0) is 92.8 Å². The van der Waals surface area contributed by atoms with Crippen molar-refractivity contribution in [3.05, 3.63) is 11.6 Å². The van der Waals surface area contributed by atoms with Crippen LogP contribution < -0.4 is 5.73 Å². The number of hydrogen-bond donors (Lipinski definition) is 1. The molecule has 0 radical (unpaired) electrons. The van der Waals surface area contributed by atoms with Gasteiger partial charge in [-0.1, -0.05) is 58.1 Å². The summed E-state index contributed by atoms with van der Waals surface area (Å²) in [4.78, 5) is 0. The average Bonchev–Trinajstić information content (AvgIpc) is 2.98. The summed E-state index contributed by atoms with van der Waals surface area (Å²) in [6.45, 7) is 7.27. The minimum atomic E-state index is 0.166. The van der Waals surface area contributed by atoms with Crippen molar-refractivity contribution in [3.63, 3.8) is 0 Å². The predicted octanol–water partition coefficient (Wildman–Crippen LogP) is 6.72. The number of nitrogens with two attached hydrogens (primary N) is 1. The molecular weight excluding hydrogens is 314 g/mol. The third-order valence-electron chi connectivity index (χ3n) is 9.17. The highest BCUT2D eigenvalue weighted by molar-refractivity contribution is 5.21. The number of fused-ring (bicyclic) bond motifs is 5. The summed E-state index contributed by atoms with van der Waals surface area (Å²) in [6, 6.07) is 0. The van der Waals surface area contributed by atoms with Crippen LogP contribution in [-0.2, 0) is 0 Å². The summed E-state index contributed by atoms with van der Waals surface area (Å²) in [5.41, 5.74) is 9.31. The van der Waals surface area contributed by atoms with Gasteiger partial charge in [-0.3, -0.25) is 0 Å². The van der Waals surface area contributed by atoms with Crippen LogP contribution in [0.25, 0.3) is 0 Å². The second-order valence-corrected chi connectivity index (χ2v) is 10.9. The molecule has 0 aromatic carbocycles. The first kappa shape index (κ1) is 19.0. The molecule has 3 fully saturated rings. The zero-order valence-corrected chi connectivity index (χ0v) is 17.7. The quantitative estimate of drug-likeness (QED) is 0.543. The van der Waals surface area contributed by atoms with Crippen molar-refractivity contribution in [2.24, 2.45) is 47.2 Å². The lowest BCUT2D eigenvalue weighted by Crippen LogP contribution is -2.58. The van der Waals surface area contributed by atoms with Crippen LogP contribution in [0.1, 0.15) is 97.8 Å². The molecule has 4 rings (SSSR count). The number of hydrogen-bond acceptors (Lipinski definition) is 1. The second-order valence-electron chi connectivity index (χ2n) is 10.9. The molecule has 0 spiro atoms.